The summed E-state index contributed by atoms with van der Waals surface area (Å²) in [7, 11) is 0. The fourth-order valence-electron chi connectivity index (χ4n) is 2.56. The van der Waals surface area contributed by atoms with E-state index < -0.39 is 11.6 Å². The van der Waals surface area contributed by atoms with Crippen LogP contribution in [-0.2, 0) is 9.53 Å². The van der Waals surface area contributed by atoms with Crippen molar-refractivity contribution in [2.75, 3.05) is 42.3 Å². The van der Waals surface area contributed by atoms with E-state index >= 15 is 0 Å². The van der Waals surface area contributed by atoms with Crippen molar-refractivity contribution in [3.05, 3.63) is 54.1 Å². The fraction of sp³-hybridized carbons (Fsp3) is 0.278. The Morgan fingerprint density at radius 2 is 1.88 bits per heavy atom. The van der Waals surface area contributed by atoms with Crippen molar-refractivity contribution >= 4 is 29.0 Å². The minimum atomic E-state index is -0.914. The van der Waals surface area contributed by atoms with Crippen LogP contribution in [0.3, 0.4) is 0 Å². The number of halogens is 2. The maximum atomic E-state index is 13.2. The highest BCUT2D eigenvalue weighted by molar-refractivity contribution is 8.00. The van der Waals surface area contributed by atoms with Crippen molar-refractivity contribution in [2.45, 2.75) is 4.90 Å². The highest BCUT2D eigenvalue weighted by atomic mass is 32.2. The number of nitrogens with zero attached hydrogens (tertiary/aromatic N) is 1. The van der Waals surface area contributed by atoms with Crippen LogP contribution >= 0.6 is 11.8 Å². The summed E-state index contributed by atoms with van der Waals surface area (Å²) < 4.78 is 31.5. The number of hydrogen-bond donors (Lipinski definition) is 1. The minimum absolute atomic E-state index is 0.114. The van der Waals surface area contributed by atoms with Crippen molar-refractivity contribution in [1.29, 1.82) is 0 Å². The summed E-state index contributed by atoms with van der Waals surface area (Å²) in [6, 6.07) is 11.2. The third kappa shape index (κ3) is 4.70. The average molecular weight is 364 g/mol. The molecule has 2 aromatic rings. The van der Waals surface area contributed by atoms with Gasteiger partial charge in [-0.05, 0) is 30.3 Å². The van der Waals surface area contributed by atoms with Crippen LogP contribution in [0.15, 0.2) is 47.4 Å². The largest absolute Gasteiger partial charge is 0.378 e. The standard InChI is InChI=1S/C18H18F2N2O2S/c19-14-6-5-13(11-15(14)20)25-12-18(23)21-16-3-1-2-4-17(16)22-7-9-24-10-8-22/h1-6,11H,7-10,12H2,(H,21,23). The summed E-state index contributed by atoms with van der Waals surface area (Å²) in [6.07, 6.45) is 0. The molecular formula is C18H18F2N2O2S. The lowest BCUT2D eigenvalue weighted by Gasteiger charge is -2.30. The van der Waals surface area contributed by atoms with E-state index in [1.54, 1.807) is 0 Å². The van der Waals surface area contributed by atoms with E-state index in [1.165, 1.54) is 6.07 Å². The number of hydrogen-bond acceptors (Lipinski definition) is 4. The second-order valence-electron chi connectivity index (χ2n) is 5.53. The number of para-hydroxylation sites is 2. The predicted octanol–water partition coefficient (Wildman–Crippen LogP) is 3.53. The molecule has 1 aliphatic rings. The molecular weight excluding hydrogens is 346 g/mol. The molecule has 1 heterocycles. The van der Waals surface area contributed by atoms with Crippen LogP contribution in [0.1, 0.15) is 0 Å². The van der Waals surface area contributed by atoms with E-state index in [2.05, 4.69) is 10.2 Å². The van der Waals surface area contributed by atoms with E-state index in [9.17, 15) is 13.6 Å². The van der Waals surface area contributed by atoms with Gasteiger partial charge in [-0.15, -0.1) is 11.8 Å². The lowest BCUT2D eigenvalue weighted by atomic mass is 10.2. The van der Waals surface area contributed by atoms with Gasteiger partial charge >= 0.3 is 0 Å². The van der Waals surface area contributed by atoms with E-state index in [0.717, 1.165) is 48.4 Å². The molecule has 1 amide bonds. The second-order valence-corrected chi connectivity index (χ2v) is 6.58. The number of rotatable bonds is 5. The van der Waals surface area contributed by atoms with Gasteiger partial charge in [0.1, 0.15) is 0 Å². The molecule has 0 aliphatic carbocycles. The van der Waals surface area contributed by atoms with Gasteiger partial charge in [0, 0.05) is 18.0 Å². The van der Waals surface area contributed by atoms with E-state index in [-0.39, 0.29) is 11.7 Å². The lowest BCUT2D eigenvalue weighted by Crippen LogP contribution is -2.36. The molecule has 0 spiro atoms. The summed E-state index contributed by atoms with van der Waals surface area (Å²) in [6.45, 7) is 2.87. The Labute approximate surface area is 149 Å². The van der Waals surface area contributed by atoms with Crippen LogP contribution in [-0.4, -0.2) is 38.0 Å². The summed E-state index contributed by atoms with van der Waals surface area (Å²) in [5, 5.41) is 2.89. The fourth-order valence-corrected chi connectivity index (χ4v) is 3.28. The molecule has 0 unspecified atom stereocenters. The van der Waals surface area contributed by atoms with Crippen LogP contribution < -0.4 is 10.2 Å². The normalized spacial score (nSPS) is 14.4. The van der Waals surface area contributed by atoms with Crippen LogP contribution in [0.2, 0.25) is 0 Å². The average Bonchev–Trinajstić information content (AvgIpc) is 2.64. The van der Waals surface area contributed by atoms with Crippen LogP contribution in [0, 0.1) is 11.6 Å². The molecule has 1 N–H and O–H groups in total. The number of nitrogens with one attached hydrogen (secondary N) is 1. The topological polar surface area (TPSA) is 41.6 Å². The maximum absolute atomic E-state index is 13.2. The number of morpholine rings is 1. The monoisotopic (exact) mass is 364 g/mol. The van der Waals surface area contributed by atoms with Crippen LogP contribution in [0.25, 0.3) is 0 Å². The first-order valence-corrected chi connectivity index (χ1v) is 8.91. The quantitative estimate of drug-likeness (QED) is 0.824. The Bertz CT molecular complexity index is 752. The van der Waals surface area contributed by atoms with Crippen molar-refractivity contribution in [1.82, 2.24) is 0 Å². The Morgan fingerprint density at radius 3 is 2.64 bits per heavy atom. The molecule has 0 bridgehead atoms. The highest BCUT2D eigenvalue weighted by Gasteiger charge is 2.16. The molecule has 25 heavy (non-hydrogen) atoms. The van der Waals surface area contributed by atoms with Crippen LogP contribution in [0.4, 0.5) is 20.2 Å². The number of carbonyl (C=O) groups is 1. The molecule has 1 aliphatic heterocycles. The number of amides is 1. The number of ether oxygens (including phenoxy) is 1. The molecule has 1 fully saturated rings. The summed E-state index contributed by atoms with van der Waals surface area (Å²) in [5.41, 5.74) is 1.69. The smallest absolute Gasteiger partial charge is 0.234 e. The molecule has 0 radical (unpaired) electrons. The predicted molar refractivity (Wildman–Crippen MR) is 95.2 cm³/mol. The van der Waals surface area contributed by atoms with Crippen molar-refractivity contribution in [2.24, 2.45) is 0 Å². The maximum Gasteiger partial charge on any atom is 0.234 e. The number of anilines is 2. The van der Waals surface area contributed by atoms with E-state index in [1.807, 2.05) is 24.3 Å². The summed E-state index contributed by atoms with van der Waals surface area (Å²) in [5.74, 6) is -1.89. The first-order chi connectivity index (χ1) is 12.1. The zero-order chi connectivity index (χ0) is 17.6. The molecule has 3 rings (SSSR count). The first-order valence-electron chi connectivity index (χ1n) is 7.93. The summed E-state index contributed by atoms with van der Waals surface area (Å²) >= 11 is 1.16. The molecule has 7 heteroatoms. The van der Waals surface area contributed by atoms with Crippen molar-refractivity contribution in [3.63, 3.8) is 0 Å². The SMILES string of the molecule is O=C(CSc1ccc(F)c(F)c1)Nc1ccccc1N1CCOCC1. The second kappa shape index (κ2) is 8.31. The van der Waals surface area contributed by atoms with Gasteiger partial charge in [0.05, 0.1) is 30.3 Å². The highest BCUT2D eigenvalue weighted by Crippen LogP contribution is 2.27. The van der Waals surface area contributed by atoms with Gasteiger partial charge in [-0.3, -0.25) is 4.79 Å². The molecule has 4 nitrogen and oxygen atoms in total. The molecule has 0 saturated carbocycles. The van der Waals surface area contributed by atoms with Gasteiger partial charge in [0.15, 0.2) is 11.6 Å². The Kier molecular flexibility index (Phi) is 5.88. The molecule has 132 valence electrons. The summed E-state index contributed by atoms with van der Waals surface area (Å²) in [4.78, 5) is 14.9. The Hall–Kier alpha value is -2.12. The zero-order valence-corrected chi connectivity index (χ0v) is 14.3. The third-order valence-corrected chi connectivity index (χ3v) is 4.78. The van der Waals surface area contributed by atoms with Gasteiger partial charge in [0.25, 0.3) is 0 Å². The van der Waals surface area contributed by atoms with Crippen LogP contribution in [0.5, 0.6) is 0 Å². The molecule has 0 atom stereocenters. The van der Waals surface area contributed by atoms with Gasteiger partial charge < -0.3 is 15.0 Å². The molecule has 0 aromatic heterocycles. The van der Waals surface area contributed by atoms with E-state index in [4.69, 9.17) is 4.74 Å². The third-order valence-electron chi connectivity index (χ3n) is 3.79. The minimum Gasteiger partial charge on any atom is -0.378 e. The van der Waals surface area contributed by atoms with Gasteiger partial charge in [0.2, 0.25) is 5.91 Å². The Balaban J connectivity index is 1.61. The lowest BCUT2D eigenvalue weighted by molar-refractivity contribution is -0.113. The van der Waals surface area contributed by atoms with Crippen molar-refractivity contribution in [3.8, 4) is 0 Å². The molecule has 2 aromatic carbocycles. The first kappa shape index (κ1) is 17.7. The van der Waals surface area contributed by atoms with Gasteiger partial charge in [-0.1, -0.05) is 12.1 Å². The van der Waals surface area contributed by atoms with Gasteiger partial charge in [-0.25, -0.2) is 8.78 Å². The number of thioether (sulfide) groups is 1. The number of benzene rings is 2. The molecule has 1 saturated heterocycles. The Morgan fingerprint density at radius 1 is 1.12 bits per heavy atom. The number of carbonyl (C=O) groups excluding carboxylic acids is 1. The van der Waals surface area contributed by atoms with E-state index in [0.29, 0.717) is 18.1 Å². The van der Waals surface area contributed by atoms with Gasteiger partial charge in [-0.2, -0.15) is 0 Å². The zero-order valence-electron chi connectivity index (χ0n) is 13.5. The van der Waals surface area contributed by atoms with Crippen molar-refractivity contribution < 1.29 is 18.3 Å².